The highest BCUT2D eigenvalue weighted by Crippen LogP contribution is 2.07. The van der Waals surface area contributed by atoms with Crippen LogP contribution >= 0.6 is 11.3 Å². The third kappa shape index (κ3) is 4.96. The Morgan fingerprint density at radius 2 is 2.40 bits per heavy atom. The predicted molar refractivity (Wildman–Crippen MR) is 69.2 cm³/mol. The molecule has 1 aromatic rings. The van der Waals surface area contributed by atoms with Gasteiger partial charge in [-0.05, 0) is 30.4 Å². The zero-order valence-electron chi connectivity index (χ0n) is 9.49. The van der Waals surface area contributed by atoms with Crippen molar-refractivity contribution >= 4 is 11.3 Å². The number of hydrogen-bond donors (Lipinski definition) is 1. The molecular weight excluding hydrogens is 202 g/mol. The average Bonchev–Trinajstić information content (AvgIpc) is 2.71. The van der Waals surface area contributed by atoms with Crippen molar-refractivity contribution in [3.05, 3.63) is 46.2 Å². The van der Waals surface area contributed by atoms with E-state index in [0.717, 1.165) is 19.5 Å². The van der Waals surface area contributed by atoms with Gasteiger partial charge in [0.1, 0.15) is 0 Å². The molecular formula is C13H19NS. The Morgan fingerprint density at radius 1 is 1.53 bits per heavy atom. The Kier molecular flexibility index (Phi) is 6.05. The summed E-state index contributed by atoms with van der Waals surface area (Å²) in [4.78, 5) is 1.39. The molecule has 1 aromatic heterocycles. The van der Waals surface area contributed by atoms with E-state index in [1.54, 1.807) is 11.3 Å². The molecule has 0 aliphatic rings. The summed E-state index contributed by atoms with van der Waals surface area (Å²) in [6, 6.07) is 4.26. The Bertz CT molecular complexity index is 309. The zero-order chi connectivity index (χ0) is 10.9. The van der Waals surface area contributed by atoms with Gasteiger partial charge in [0.25, 0.3) is 0 Å². The van der Waals surface area contributed by atoms with E-state index in [1.165, 1.54) is 10.5 Å². The van der Waals surface area contributed by atoms with Gasteiger partial charge in [-0.1, -0.05) is 31.2 Å². The predicted octanol–water partition coefficient (Wildman–Crippen LogP) is 3.75. The molecule has 1 N–H and O–H groups in total. The summed E-state index contributed by atoms with van der Waals surface area (Å²) in [5.41, 5.74) is 1.37. The minimum Gasteiger partial charge on any atom is -0.308 e. The number of thiophene rings is 1. The second-order valence-corrected chi connectivity index (χ2v) is 4.40. The van der Waals surface area contributed by atoms with Crippen molar-refractivity contribution in [2.45, 2.75) is 26.8 Å². The molecule has 0 radical (unpaired) electrons. The third-order valence-corrected chi connectivity index (χ3v) is 2.93. The van der Waals surface area contributed by atoms with Crippen molar-refractivity contribution < 1.29 is 0 Å². The second kappa shape index (κ2) is 7.43. The van der Waals surface area contributed by atoms with Crippen LogP contribution in [-0.4, -0.2) is 6.54 Å². The Morgan fingerprint density at radius 3 is 3.00 bits per heavy atom. The Balaban J connectivity index is 2.31. The van der Waals surface area contributed by atoms with Gasteiger partial charge in [0.05, 0.1) is 0 Å². The molecule has 1 rings (SSSR count). The summed E-state index contributed by atoms with van der Waals surface area (Å²) >= 11 is 1.80. The fourth-order valence-electron chi connectivity index (χ4n) is 1.42. The maximum absolute atomic E-state index is 3.45. The normalized spacial score (nSPS) is 12.5. The van der Waals surface area contributed by atoms with Crippen molar-refractivity contribution in [1.29, 1.82) is 0 Å². The van der Waals surface area contributed by atoms with Gasteiger partial charge >= 0.3 is 0 Å². The van der Waals surface area contributed by atoms with Gasteiger partial charge in [0.2, 0.25) is 0 Å². The SMILES string of the molecule is C/C=C\C(=C/CC)CNCc1cccs1. The molecule has 0 aliphatic carbocycles. The molecule has 0 spiro atoms. The maximum Gasteiger partial charge on any atom is 0.0302 e. The smallest absolute Gasteiger partial charge is 0.0302 e. The van der Waals surface area contributed by atoms with E-state index in [-0.39, 0.29) is 0 Å². The van der Waals surface area contributed by atoms with E-state index in [4.69, 9.17) is 0 Å². The van der Waals surface area contributed by atoms with Crippen LogP contribution in [0.1, 0.15) is 25.1 Å². The topological polar surface area (TPSA) is 12.0 Å². The molecule has 0 unspecified atom stereocenters. The summed E-state index contributed by atoms with van der Waals surface area (Å²) in [6.45, 7) is 6.15. The van der Waals surface area contributed by atoms with Crippen LogP contribution in [-0.2, 0) is 6.54 Å². The van der Waals surface area contributed by atoms with Crippen molar-refractivity contribution in [2.24, 2.45) is 0 Å². The molecule has 0 saturated heterocycles. The first kappa shape index (κ1) is 12.2. The Hall–Kier alpha value is -0.860. The van der Waals surface area contributed by atoms with Crippen molar-refractivity contribution in [3.8, 4) is 0 Å². The molecule has 2 heteroatoms. The molecule has 0 amide bonds. The van der Waals surface area contributed by atoms with Gasteiger partial charge in [0, 0.05) is 18.0 Å². The molecule has 0 saturated carbocycles. The third-order valence-electron chi connectivity index (χ3n) is 2.06. The van der Waals surface area contributed by atoms with Crippen LogP contribution in [0.25, 0.3) is 0 Å². The van der Waals surface area contributed by atoms with Crippen molar-refractivity contribution in [2.75, 3.05) is 6.54 Å². The van der Waals surface area contributed by atoms with Gasteiger partial charge < -0.3 is 5.32 Å². The summed E-state index contributed by atoms with van der Waals surface area (Å²) < 4.78 is 0. The zero-order valence-corrected chi connectivity index (χ0v) is 10.3. The standard InChI is InChI=1S/C13H19NS/c1-3-6-12(7-4-2)10-14-11-13-8-5-9-15-13/h3,5-9,14H,4,10-11H2,1-2H3/b6-3-,12-7+. The van der Waals surface area contributed by atoms with E-state index >= 15 is 0 Å². The lowest BCUT2D eigenvalue weighted by atomic mass is 10.2. The minimum atomic E-state index is 0.954. The van der Waals surface area contributed by atoms with E-state index < -0.39 is 0 Å². The van der Waals surface area contributed by atoms with Gasteiger partial charge in [-0.15, -0.1) is 11.3 Å². The fourth-order valence-corrected chi connectivity index (χ4v) is 2.09. The highest BCUT2D eigenvalue weighted by Gasteiger charge is 1.94. The first-order valence-corrected chi connectivity index (χ1v) is 6.29. The van der Waals surface area contributed by atoms with Crippen molar-refractivity contribution in [1.82, 2.24) is 5.32 Å². The fraction of sp³-hybridized carbons (Fsp3) is 0.385. The lowest BCUT2D eigenvalue weighted by Crippen LogP contribution is -2.15. The quantitative estimate of drug-likeness (QED) is 0.721. The van der Waals surface area contributed by atoms with E-state index in [0.29, 0.717) is 0 Å². The number of hydrogen-bond acceptors (Lipinski definition) is 2. The summed E-state index contributed by atoms with van der Waals surface area (Å²) in [5, 5.41) is 5.57. The van der Waals surface area contributed by atoms with Gasteiger partial charge in [0.15, 0.2) is 0 Å². The second-order valence-electron chi connectivity index (χ2n) is 3.37. The molecule has 15 heavy (non-hydrogen) atoms. The maximum atomic E-state index is 3.45. The molecule has 0 bridgehead atoms. The van der Waals surface area contributed by atoms with Gasteiger partial charge in [-0.3, -0.25) is 0 Å². The summed E-state index contributed by atoms with van der Waals surface area (Å²) in [7, 11) is 0. The lowest BCUT2D eigenvalue weighted by Gasteiger charge is -2.04. The molecule has 1 heterocycles. The van der Waals surface area contributed by atoms with E-state index in [2.05, 4.69) is 54.9 Å². The summed E-state index contributed by atoms with van der Waals surface area (Å²) in [6.07, 6.45) is 7.63. The van der Waals surface area contributed by atoms with Gasteiger partial charge in [-0.2, -0.15) is 0 Å². The molecule has 82 valence electrons. The highest BCUT2D eigenvalue weighted by atomic mass is 32.1. The largest absolute Gasteiger partial charge is 0.308 e. The first-order chi connectivity index (χ1) is 7.36. The highest BCUT2D eigenvalue weighted by molar-refractivity contribution is 7.09. The van der Waals surface area contributed by atoms with Crippen LogP contribution < -0.4 is 5.32 Å². The number of rotatable bonds is 6. The number of nitrogens with one attached hydrogen (secondary N) is 1. The van der Waals surface area contributed by atoms with Crippen LogP contribution in [0, 0.1) is 0 Å². The molecule has 1 nitrogen and oxygen atoms in total. The van der Waals surface area contributed by atoms with Crippen LogP contribution in [0.4, 0.5) is 0 Å². The minimum absolute atomic E-state index is 0.954. The van der Waals surface area contributed by atoms with Crippen LogP contribution in [0.3, 0.4) is 0 Å². The van der Waals surface area contributed by atoms with Crippen molar-refractivity contribution in [3.63, 3.8) is 0 Å². The first-order valence-electron chi connectivity index (χ1n) is 5.41. The Labute approximate surface area is 96.5 Å². The summed E-state index contributed by atoms with van der Waals surface area (Å²) in [5.74, 6) is 0. The molecule has 0 fully saturated rings. The van der Waals surface area contributed by atoms with Crippen LogP contribution in [0.15, 0.2) is 41.3 Å². The van der Waals surface area contributed by atoms with E-state index in [1.807, 2.05) is 0 Å². The average molecular weight is 221 g/mol. The van der Waals surface area contributed by atoms with Crippen LogP contribution in [0.5, 0.6) is 0 Å². The molecule has 0 atom stereocenters. The van der Waals surface area contributed by atoms with Crippen LogP contribution in [0.2, 0.25) is 0 Å². The molecule has 0 aliphatic heterocycles. The lowest BCUT2D eigenvalue weighted by molar-refractivity contribution is 0.754. The monoisotopic (exact) mass is 221 g/mol. The molecule has 0 aromatic carbocycles. The van der Waals surface area contributed by atoms with Gasteiger partial charge in [-0.25, -0.2) is 0 Å². The number of allylic oxidation sites excluding steroid dienone is 2. The van der Waals surface area contributed by atoms with E-state index in [9.17, 15) is 0 Å².